The molecule has 1 aliphatic heterocycles. The molecule has 1 saturated heterocycles. The van der Waals surface area contributed by atoms with E-state index in [2.05, 4.69) is 68.1 Å². The minimum absolute atomic E-state index is 0.0240. The van der Waals surface area contributed by atoms with Crippen molar-refractivity contribution in [1.29, 1.82) is 0 Å². The van der Waals surface area contributed by atoms with Crippen LogP contribution >= 0.6 is 0 Å². The summed E-state index contributed by atoms with van der Waals surface area (Å²) in [6.45, 7) is 9.62. The third-order valence-corrected chi connectivity index (χ3v) is 8.46. The van der Waals surface area contributed by atoms with E-state index in [4.69, 9.17) is 16.2 Å². The van der Waals surface area contributed by atoms with E-state index in [0.717, 1.165) is 38.0 Å². The Morgan fingerprint density at radius 2 is 1.90 bits per heavy atom. The predicted octanol–water partition coefficient (Wildman–Crippen LogP) is 4.17. The summed E-state index contributed by atoms with van der Waals surface area (Å²) >= 11 is 0. The number of rotatable bonds is 6. The van der Waals surface area contributed by atoms with E-state index in [9.17, 15) is 0 Å². The van der Waals surface area contributed by atoms with Gasteiger partial charge in [-0.3, -0.25) is 4.90 Å². The van der Waals surface area contributed by atoms with Gasteiger partial charge in [0.25, 0.3) is 0 Å². The highest BCUT2D eigenvalue weighted by atomic mass is 16.5. The van der Waals surface area contributed by atoms with Crippen molar-refractivity contribution in [3.63, 3.8) is 0 Å². The molecule has 2 fully saturated rings. The zero-order valence-electron chi connectivity index (χ0n) is 18.5. The summed E-state index contributed by atoms with van der Waals surface area (Å²) < 4.78 is 6.35. The number of hydrogen-bond donors (Lipinski definition) is 2. The lowest BCUT2D eigenvalue weighted by molar-refractivity contribution is -0.0169. The molecule has 1 spiro atoms. The van der Waals surface area contributed by atoms with Crippen LogP contribution in [0.5, 0.6) is 0 Å². The molecule has 4 atom stereocenters. The molecule has 30 heavy (non-hydrogen) atoms. The summed E-state index contributed by atoms with van der Waals surface area (Å²) in [7, 11) is 0. The smallest absolute Gasteiger partial charge is 0.0721 e. The number of benzene rings is 2. The molecular weight excluding hydrogens is 370 g/mol. The predicted molar refractivity (Wildman–Crippen MR) is 122 cm³/mol. The SMILES string of the molecule is CC[C@@H](CN1C[C@@]23C[C@@H]1C(C)(C)[C@@](N)(C2)c1cccc(N)c13)OCc1ccccc1. The molecule has 0 unspecified atom stereocenters. The fourth-order valence-corrected chi connectivity index (χ4v) is 6.75. The molecule has 4 nitrogen and oxygen atoms in total. The highest BCUT2D eigenvalue weighted by molar-refractivity contribution is 5.63. The number of likely N-dealkylation sites (tertiary alicyclic amines) is 1. The van der Waals surface area contributed by atoms with Crippen molar-refractivity contribution in [3.8, 4) is 0 Å². The molecule has 2 aromatic carbocycles. The normalized spacial score (nSPS) is 32.2. The van der Waals surface area contributed by atoms with Crippen molar-refractivity contribution in [2.24, 2.45) is 11.1 Å². The molecule has 3 bridgehead atoms. The standard InChI is InChI=1S/C26H35N3O/c1-4-19(30-15-18-9-6-5-7-10-18)14-29-17-25-13-22(29)24(2,3)26(28,16-25)20-11-8-12-21(27)23(20)25/h5-12,19,22H,4,13-17,27-28H2,1-3H3/t19-,22+,25+,26+/m0/s1. The number of ether oxygens (including phenoxy) is 1. The van der Waals surface area contributed by atoms with E-state index in [0.29, 0.717) is 12.6 Å². The van der Waals surface area contributed by atoms with E-state index in [-0.39, 0.29) is 22.5 Å². The number of nitrogens with zero attached hydrogens (tertiary/aromatic N) is 1. The van der Waals surface area contributed by atoms with Gasteiger partial charge in [-0.25, -0.2) is 0 Å². The van der Waals surface area contributed by atoms with Crippen LogP contribution in [0.2, 0.25) is 0 Å². The molecule has 1 saturated carbocycles. The molecular formula is C26H35N3O. The molecule has 0 aromatic heterocycles. The molecule has 160 valence electrons. The monoisotopic (exact) mass is 405 g/mol. The Morgan fingerprint density at radius 1 is 1.13 bits per heavy atom. The van der Waals surface area contributed by atoms with Gasteiger partial charge in [0.15, 0.2) is 0 Å². The average molecular weight is 406 g/mol. The molecule has 2 aliphatic carbocycles. The van der Waals surface area contributed by atoms with Crippen LogP contribution in [0.3, 0.4) is 0 Å². The number of fused-ring (bicyclic) bond motifs is 4. The van der Waals surface area contributed by atoms with Crippen LogP contribution in [0, 0.1) is 5.41 Å². The second-order valence-electron chi connectivity index (χ2n) is 10.4. The Hall–Kier alpha value is -1.88. The second-order valence-corrected chi connectivity index (χ2v) is 10.4. The van der Waals surface area contributed by atoms with E-state index in [1.54, 1.807) is 0 Å². The van der Waals surface area contributed by atoms with Crippen LogP contribution in [0.15, 0.2) is 48.5 Å². The first-order valence-corrected chi connectivity index (χ1v) is 11.4. The highest BCUT2D eigenvalue weighted by Crippen LogP contribution is 2.67. The Kier molecular flexibility index (Phi) is 4.55. The second kappa shape index (κ2) is 6.81. The maximum atomic E-state index is 7.22. The topological polar surface area (TPSA) is 64.5 Å². The van der Waals surface area contributed by atoms with Gasteiger partial charge in [0.1, 0.15) is 0 Å². The number of anilines is 1. The number of hydrogen-bond acceptors (Lipinski definition) is 4. The summed E-state index contributed by atoms with van der Waals surface area (Å²) in [6, 6.07) is 17.3. The lowest BCUT2D eigenvalue weighted by Crippen LogP contribution is -2.59. The van der Waals surface area contributed by atoms with Gasteiger partial charge in [-0.15, -0.1) is 0 Å². The van der Waals surface area contributed by atoms with Crippen molar-refractivity contribution in [2.45, 2.75) is 69.7 Å². The minimum atomic E-state index is -0.317. The van der Waals surface area contributed by atoms with Crippen LogP contribution in [0.4, 0.5) is 5.69 Å². The summed E-state index contributed by atoms with van der Waals surface area (Å²) in [6.07, 6.45) is 3.38. The molecule has 4 heteroatoms. The fourth-order valence-electron chi connectivity index (χ4n) is 6.75. The van der Waals surface area contributed by atoms with Gasteiger partial charge >= 0.3 is 0 Å². The highest BCUT2D eigenvalue weighted by Gasteiger charge is 2.69. The first-order valence-electron chi connectivity index (χ1n) is 11.4. The number of nitrogens with two attached hydrogens (primary N) is 2. The quantitative estimate of drug-likeness (QED) is 0.708. The zero-order valence-corrected chi connectivity index (χ0v) is 18.5. The molecule has 0 amide bonds. The van der Waals surface area contributed by atoms with Gasteiger partial charge in [0.05, 0.1) is 12.7 Å². The first-order chi connectivity index (χ1) is 14.3. The van der Waals surface area contributed by atoms with E-state index >= 15 is 0 Å². The van der Waals surface area contributed by atoms with Crippen LogP contribution < -0.4 is 11.5 Å². The van der Waals surface area contributed by atoms with Gasteiger partial charge in [-0.2, -0.15) is 0 Å². The molecule has 5 rings (SSSR count). The molecule has 4 N–H and O–H groups in total. The van der Waals surface area contributed by atoms with Gasteiger partial charge in [-0.05, 0) is 42.0 Å². The molecule has 3 aliphatic rings. The van der Waals surface area contributed by atoms with Crippen LogP contribution in [-0.4, -0.2) is 30.1 Å². The maximum Gasteiger partial charge on any atom is 0.0721 e. The van der Waals surface area contributed by atoms with Gasteiger partial charge < -0.3 is 16.2 Å². The Balaban J connectivity index is 1.41. The van der Waals surface area contributed by atoms with Crippen molar-refractivity contribution in [1.82, 2.24) is 4.90 Å². The third kappa shape index (κ3) is 2.70. The molecule has 0 radical (unpaired) electrons. The summed E-state index contributed by atoms with van der Waals surface area (Å²) in [4.78, 5) is 2.67. The fraction of sp³-hybridized carbons (Fsp3) is 0.538. The maximum absolute atomic E-state index is 7.22. The Bertz CT molecular complexity index is 943. The van der Waals surface area contributed by atoms with Crippen molar-refractivity contribution in [3.05, 3.63) is 65.2 Å². The van der Waals surface area contributed by atoms with Crippen LogP contribution in [0.1, 0.15) is 56.7 Å². The van der Waals surface area contributed by atoms with Crippen LogP contribution in [-0.2, 0) is 22.3 Å². The number of nitrogen functional groups attached to an aromatic ring is 1. The summed E-state index contributed by atoms with van der Waals surface area (Å²) in [5, 5.41) is 0. The summed E-state index contributed by atoms with van der Waals surface area (Å²) in [5.41, 5.74) is 18.3. The minimum Gasteiger partial charge on any atom is -0.398 e. The molecule has 2 aromatic rings. The zero-order chi connectivity index (χ0) is 21.1. The first kappa shape index (κ1) is 20.0. The van der Waals surface area contributed by atoms with Crippen LogP contribution in [0.25, 0.3) is 0 Å². The largest absolute Gasteiger partial charge is 0.398 e. The van der Waals surface area contributed by atoms with Gasteiger partial charge in [0.2, 0.25) is 0 Å². The molecule has 1 heterocycles. The van der Waals surface area contributed by atoms with Gasteiger partial charge in [-0.1, -0.05) is 63.2 Å². The van der Waals surface area contributed by atoms with E-state index < -0.39 is 0 Å². The summed E-state index contributed by atoms with van der Waals surface area (Å²) in [5.74, 6) is 0. The van der Waals surface area contributed by atoms with E-state index in [1.807, 2.05) is 6.07 Å². The Labute approximate surface area is 180 Å². The lowest BCUT2D eigenvalue weighted by Gasteiger charge is -2.51. The average Bonchev–Trinajstić information content (AvgIpc) is 3.19. The van der Waals surface area contributed by atoms with Crippen molar-refractivity contribution in [2.75, 3.05) is 18.8 Å². The Morgan fingerprint density at radius 3 is 2.63 bits per heavy atom. The third-order valence-electron chi connectivity index (χ3n) is 8.46. The lowest BCUT2D eigenvalue weighted by atomic mass is 9.58. The van der Waals surface area contributed by atoms with Crippen molar-refractivity contribution >= 4 is 5.69 Å². The van der Waals surface area contributed by atoms with E-state index in [1.165, 1.54) is 16.7 Å². The van der Waals surface area contributed by atoms with Gasteiger partial charge in [0, 0.05) is 41.2 Å². The van der Waals surface area contributed by atoms with Crippen molar-refractivity contribution < 1.29 is 4.74 Å².